The second-order valence-corrected chi connectivity index (χ2v) is 6.50. The summed E-state index contributed by atoms with van der Waals surface area (Å²) < 4.78 is 0. The van der Waals surface area contributed by atoms with Gasteiger partial charge in [0, 0.05) is 18.0 Å². The molecule has 0 saturated carbocycles. The number of benzene rings is 1. The number of carbonyl (C=O) groups is 1. The van der Waals surface area contributed by atoms with Gasteiger partial charge in [-0.3, -0.25) is 4.79 Å². The number of thiophene rings is 1. The van der Waals surface area contributed by atoms with Crippen molar-refractivity contribution in [1.82, 2.24) is 0 Å². The van der Waals surface area contributed by atoms with Crippen LogP contribution in [0.3, 0.4) is 0 Å². The Morgan fingerprint density at radius 1 is 1.14 bits per heavy atom. The maximum atomic E-state index is 11.2. The molecular weight excluding hydrogens is 282 g/mol. The van der Waals surface area contributed by atoms with Crippen molar-refractivity contribution in [2.45, 2.75) is 18.8 Å². The molecule has 1 aromatic carbocycles. The number of amides is 1. The Hall–Kier alpha value is -2.01. The maximum absolute atomic E-state index is 11.2. The minimum Gasteiger partial charge on any atom is -0.397 e. The van der Waals surface area contributed by atoms with E-state index in [-0.39, 0.29) is 5.91 Å². The fourth-order valence-corrected chi connectivity index (χ4v) is 3.91. The van der Waals surface area contributed by atoms with Crippen LogP contribution in [0.15, 0.2) is 36.4 Å². The van der Waals surface area contributed by atoms with Crippen molar-refractivity contribution < 1.29 is 4.79 Å². The molecule has 0 atom stereocenters. The molecule has 0 unspecified atom stereocenters. The molecule has 0 bridgehead atoms. The lowest BCUT2D eigenvalue weighted by Gasteiger charge is -2.34. The molecule has 3 rings (SSSR count). The Morgan fingerprint density at radius 2 is 1.86 bits per heavy atom. The molecule has 4 nitrogen and oxygen atoms in total. The quantitative estimate of drug-likeness (QED) is 0.856. The molecule has 2 heterocycles. The smallest absolute Gasteiger partial charge is 0.258 e. The Labute approximate surface area is 128 Å². The summed E-state index contributed by atoms with van der Waals surface area (Å²) in [5, 5.41) is 0. The lowest BCUT2D eigenvalue weighted by Crippen LogP contribution is -2.33. The van der Waals surface area contributed by atoms with E-state index in [1.807, 2.05) is 30.3 Å². The predicted octanol–water partition coefficient (Wildman–Crippen LogP) is 2.81. The lowest BCUT2D eigenvalue weighted by molar-refractivity contribution is 0.100. The third-order valence-electron chi connectivity index (χ3n) is 4.04. The van der Waals surface area contributed by atoms with Gasteiger partial charge >= 0.3 is 0 Å². The van der Waals surface area contributed by atoms with Gasteiger partial charge in [0.05, 0.1) is 16.3 Å². The molecule has 21 heavy (non-hydrogen) atoms. The van der Waals surface area contributed by atoms with Crippen LogP contribution < -0.4 is 16.4 Å². The van der Waals surface area contributed by atoms with E-state index in [0.717, 1.165) is 37.3 Å². The third kappa shape index (κ3) is 2.88. The van der Waals surface area contributed by atoms with Crippen LogP contribution in [0.4, 0.5) is 11.4 Å². The van der Waals surface area contributed by atoms with Crippen LogP contribution in [0.25, 0.3) is 0 Å². The molecule has 4 N–H and O–H groups in total. The minimum atomic E-state index is -0.333. The van der Waals surface area contributed by atoms with E-state index in [0.29, 0.717) is 10.8 Å². The first kappa shape index (κ1) is 13.9. The number of hydrogen-bond acceptors (Lipinski definition) is 4. The number of para-hydroxylation sites is 2. The van der Waals surface area contributed by atoms with Crippen molar-refractivity contribution in [1.29, 1.82) is 0 Å². The summed E-state index contributed by atoms with van der Waals surface area (Å²) in [4.78, 5) is 15.4. The second-order valence-electron chi connectivity index (χ2n) is 5.39. The van der Waals surface area contributed by atoms with E-state index in [2.05, 4.69) is 11.0 Å². The van der Waals surface area contributed by atoms with Crippen molar-refractivity contribution in [2.75, 3.05) is 23.7 Å². The number of rotatable bonds is 3. The van der Waals surface area contributed by atoms with E-state index < -0.39 is 0 Å². The monoisotopic (exact) mass is 301 g/mol. The highest BCUT2D eigenvalue weighted by molar-refractivity contribution is 7.14. The van der Waals surface area contributed by atoms with Gasteiger partial charge < -0.3 is 16.4 Å². The highest BCUT2D eigenvalue weighted by atomic mass is 32.1. The van der Waals surface area contributed by atoms with Gasteiger partial charge in [-0.25, -0.2) is 0 Å². The van der Waals surface area contributed by atoms with Gasteiger partial charge in [0.15, 0.2) is 0 Å². The number of hydrogen-bond donors (Lipinski definition) is 2. The molecule has 5 heteroatoms. The zero-order chi connectivity index (χ0) is 14.8. The molecule has 110 valence electrons. The van der Waals surface area contributed by atoms with Gasteiger partial charge in [-0.15, -0.1) is 11.3 Å². The van der Waals surface area contributed by atoms with Crippen LogP contribution in [-0.2, 0) is 0 Å². The fourth-order valence-electron chi connectivity index (χ4n) is 2.89. The summed E-state index contributed by atoms with van der Waals surface area (Å²) in [5.41, 5.74) is 13.3. The first-order chi connectivity index (χ1) is 10.1. The third-order valence-corrected chi connectivity index (χ3v) is 5.31. The van der Waals surface area contributed by atoms with E-state index in [1.54, 1.807) is 0 Å². The van der Waals surface area contributed by atoms with Crippen molar-refractivity contribution >= 4 is 28.6 Å². The first-order valence-electron chi connectivity index (χ1n) is 7.14. The standard InChI is InChI=1S/C16H19N3OS/c17-12-3-1-2-4-13(12)19-9-7-11(8-10-19)14-5-6-15(21-14)16(18)20/h1-6,11H,7-10,17H2,(H2,18,20). The van der Waals surface area contributed by atoms with Crippen LogP contribution >= 0.6 is 11.3 Å². The van der Waals surface area contributed by atoms with Crippen LogP contribution in [0.5, 0.6) is 0 Å². The summed E-state index contributed by atoms with van der Waals surface area (Å²) >= 11 is 1.53. The number of piperidine rings is 1. The molecule has 1 amide bonds. The SMILES string of the molecule is NC(=O)c1ccc(C2CCN(c3ccccc3N)CC2)s1. The molecule has 1 fully saturated rings. The van der Waals surface area contributed by atoms with Crippen LogP contribution in [-0.4, -0.2) is 19.0 Å². The number of nitrogen functional groups attached to an aromatic ring is 1. The van der Waals surface area contributed by atoms with Gasteiger partial charge in [-0.2, -0.15) is 0 Å². The average molecular weight is 301 g/mol. The van der Waals surface area contributed by atoms with Gasteiger partial charge in [-0.05, 0) is 43.0 Å². The van der Waals surface area contributed by atoms with E-state index >= 15 is 0 Å². The zero-order valence-corrected chi connectivity index (χ0v) is 12.6. The molecule has 1 aromatic heterocycles. The molecule has 1 aliphatic heterocycles. The van der Waals surface area contributed by atoms with Gasteiger partial charge in [0.25, 0.3) is 5.91 Å². The largest absolute Gasteiger partial charge is 0.397 e. The fraction of sp³-hybridized carbons (Fsp3) is 0.312. The summed E-state index contributed by atoms with van der Waals surface area (Å²) in [5.74, 6) is 0.185. The van der Waals surface area contributed by atoms with E-state index in [9.17, 15) is 4.79 Å². The summed E-state index contributed by atoms with van der Waals surface area (Å²) in [6.45, 7) is 1.98. The van der Waals surface area contributed by atoms with Crippen LogP contribution in [0.1, 0.15) is 33.3 Å². The zero-order valence-electron chi connectivity index (χ0n) is 11.8. The highest BCUT2D eigenvalue weighted by Crippen LogP contribution is 2.35. The maximum Gasteiger partial charge on any atom is 0.258 e. The van der Waals surface area contributed by atoms with E-state index in [1.165, 1.54) is 16.2 Å². The Balaban J connectivity index is 1.67. The number of carbonyl (C=O) groups excluding carboxylic acids is 1. The molecule has 2 aromatic rings. The normalized spacial score (nSPS) is 16.1. The highest BCUT2D eigenvalue weighted by Gasteiger charge is 2.23. The Bertz CT molecular complexity index is 644. The average Bonchev–Trinajstić information content (AvgIpc) is 2.98. The topological polar surface area (TPSA) is 72.4 Å². The molecule has 1 saturated heterocycles. The van der Waals surface area contributed by atoms with E-state index in [4.69, 9.17) is 11.5 Å². The van der Waals surface area contributed by atoms with Crippen molar-refractivity contribution in [2.24, 2.45) is 5.73 Å². The van der Waals surface area contributed by atoms with Crippen molar-refractivity contribution in [3.05, 3.63) is 46.2 Å². The van der Waals surface area contributed by atoms with Crippen molar-refractivity contribution in [3.8, 4) is 0 Å². The Morgan fingerprint density at radius 3 is 2.48 bits per heavy atom. The van der Waals surface area contributed by atoms with Crippen molar-refractivity contribution in [3.63, 3.8) is 0 Å². The Kier molecular flexibility index (Phi) is 3.84. The predicted molar refractivity (Wildman–Crippen MR) is 87.9 cm³/mol. The molecule has 0 radical (unpaired) electrons. The summed E-state index contributed by atoms with van der Waals surface area (Å²) in [6, 6.07) is 11.9. The van der Waals surface area contributed by atoms with Gasteiger partial charge in [0.1, 0.15) is 0 Å². The summed E-state index contributed by atoms with van der Waals surface area (Å²) in [7, 11) is 0. The second kappa shape index (κ2) is 5.77. The number of anilines is 2. The lowest BCUT2D eigenvalue weighted by atomic mass is 9.95. The minimum absolute atomic E-state index is 0.333. The van der Waals surface area contributed by atoms with Gasteiger partial charge in [-0.1, -0.05) is 12.1 Å². The summed E-state index contributed by atoms with van der Waals surface area (Å²) in [6.07, 6.45) is 2.15. The molecular formula is C16H19N3OS. The van der Waals surface area contributed by atoms with Crippen LogP contribution in [0.2, 0.25) is 0 Å². The van der Waals surface area contributed by atoms with Gasteiger partial charge in [0.2, 0.25) is 0 Å². The van der Waals surface area contributed by atoms with Crippen LogP contribution in [0, 0.1) is 0 Å². The number of primary amides is 1. The molecule has 1 aliphatic rings. The molecule has 0 spiro atoms. The number of nitrogens with zero attached hydrogens (tertiary/aromatic N) is 1. The number of nitrogens with two attached hydrogens (primary N) is 2. The molecule has 0 aliphatic carbocycles. The first-order valence-corrected chi connectivity index (χ1v) is 7.96.